The lowest BCUT2D eigenvalue weighted by molar-refractivity contribution is -0.382. The molecule has 0 aliphatic rings. The van der Waals surface area contributed by atoms with Gasteiger partial charge in [-0.2, -0.15) is 39.5 Å². The Morgan fingerprint density at radius 3 is 1.31 bits per heavy atom. The Labute approximate surface area is 260 Å². The molecule has 0 unspecified atom stereocenters. The number of rotatable bonds is 12. The molecule has 3 aromatic carbocycles. The first kappa shape index (κ1) is 38.5. The van der Waals surface area contributed by atoms with Gasteiger partial charge in [0.15, 0.2) is 24.8 Å². The number of hydrogen-bond acceptors (Lipinski definition) is 3. The number of benzene rings is 3. The van der Waals surface area contributed by atoms with Crippen molar-refractivity contribution in [3.05, 3.63) is 89.5 Å². The van der Waals surface area contributed by atoms with E-state index in [2.05, 4.69) is 93.6 Å². The smallest absolute Gasteiger partial charge is 0.460 e. The second-order valence-electron chi connectivity index (χ2n) is 10.0. The molecule has 0 amide bonds. The molecule has 3 aromatic rings. The molecule has 0 aromatic heterocycles. The van der Waals surface area contributed by atoms with Crippen LogP contribution < -0.4 is 0 Å². The van der Waals surface area contributed by atoms with E-state index in [-0.39, 0.29) is 10.9 Å². The fourth-order valence-electron chi connectivity index (χ4n) is 4.43. The topological polar surface area (TPSA) is 57.2 Å². The summed E-state index contributed by atoms with van der Waals surface area (Å²) in [5.41, 5.74) is 4.64. The molecule has 0 saturated heterocycles. The molecule has 45 heavy (non-hydrogen) atoms. The summed E-state index contributed by atoms with van der Waals surface area (Å²) in [6.45, 7) is 6.89. The summed E-state index contributed by atoms with van der Waals surface area (Å²) < 4.78 is 135. The van der Waals surface area contributed by atoms with Gasteiger partial charge in [0.1, 0.15) is 0 Å². The number of aryl methyl sites for hydroxylation is 3. The van der Waals surface area contributed by atoms with Crippen molar-refractivity contribution in [1.29, 1.82) is 0 Å². The van der Waals surface area contributed by atoms with Crippen molar-refractivity contribution < 1.29 is 52.5 Å². The third kappa shape index (κ3) is 8.56. The second kappa shape index (κ2) is 15.3. The maximum absolute atomic E-state index is 12.2. The van der Waals surface area contributed by atoms with Crippen LogP contribution in [0.25, 0.3) is 0 Å². The first-order chi connectivity index (χ1) is 20.8. The second-order valence-corrected chi connectivity index (χ2v) is 13.4. The lowest BCUT2D eigenvalue weighted by Crippen LogP contribution is -2.63. The maximum atomic E-state index is 12.2. The third-order valence-corrected chi connectivity index (χ3v) is 9.78. The largest absolute Gasteiger partial charge is 0.743 e. The Kier molecular flexibility index (Phi) is 13.0. The molecule has 14 heteroatoms. The lowest BCUT2D eigenvalue weighted by atomic mass is 9.97. The van der Waals surface area contributed by atoms with Crippen LogP contribution >= 0.6 is 0 Å². The van der Waals surface area contributed by atoms with E-state index in [1.54, 1.807) is 16.0 Å². The van der Waals surface area contributed by atoms with Crippen LogP contribution in [0.15, 0.2) is 87.5 Å². The van der Waals surface area contributed by atoms with Gasteiger partial charge in [-0.3, -0.25) is 0 Å². The molecule has 0 saturated carbocycles. The zero-order valence-corrected chi connectivity index (χ0v) is 26.2. The number of alkyl halides is 9. The summed E-state index contributed by atoms with van der Waals surface area (Å²) >= 11 is 0. The van der Waals surface area contributed by atoms with Crippen LogP contribution in [-0.4, -0.2) is 36.2 Å². The molecular formula is C31H33F9O3S2. The molecule has 0 heterocycles. The quantitative estimate of drug-likeness (QED) is 0.108. The predicted octanol–water partition coefficient (Wildman–Crippen LogP) is 9.60. The van der Waals surface area contributed by atoms with E-state index in [0.29, 0.717) is 0 Å². The zero-order valence-electron chi connectivity index (χ0n) is 24.6. The fourth-order valence-corrected chi connectivity index (χ4v) is 7.33. The summed E-state index contributed by atoms with van der Waals surface area (Å²) in [6, 6.07) is 27.2. The van der Waals surface area contributed by atoms with Crippen LogP contribution in [0.5, 0.6) is 0 Å². The van der Waals surface area contributed by atoms with Crippen molar-refractivity contribution in [2.45, 2.75) is 97.3 Å². The first-order valence-corrected chi connectivity index (χ1v) is 16.6. The van der Waals surface area contributed by atoms with Gasteiger partial charge in [-0.05, 0) is 49.1 Å². The van der Waals surface area contributed by atoms with Crippen LogP contribution in [0.4, 0.5) is 39.5 Å². The van der Waals surface area contributed by atoms with E-state index in [0.717, 1.165) is 12.8 Å². The van der Waals surface area contributed by atoms with Gasteiger partial charge in [0.25, 0.3) is 0 Å². The van der Waals surface area contributed by atoms with Gasteiger partial charge in [-0.25, -0.2) is 8.42 Å². The SMILES string of the molecule is CCCc1cc(CCC)c([S+](c2ccccc2)c2ccccc2)c(CCC)c1.O=S(=O)([O-])C(F)(F)C(F)(F)C(F)(F)C(F)(F)F. The summed E-state index contributed by atoms with van der Waals surface area (Å²) in [6.07, 6.45) is -0.0777. The minimum absolute atomic E-state index is 0.0529. The van der Waals surface area contributed by atoms with Crippen molar-refractivity contribution in [2.75, 3.05) is 0 Å². The summed E-state index contributed by atoms with van der Waals surface area (Å²) in [5.74, 6) is -14.8. The molecule has 0 fully saturated rings. The summed E-state index contributed by atoms with van der Waals surface area (Å²) in [5, 5.41) is -7.11. The normalized spacial score (nSPS) is 13.0. The summed E-state index contributed by atoms with van der Waals surface area (Å²) in [4.78, 5) is 4.43. The number of halogens is 9. The summed E-state index contributed by atoms with van der Waals surface area (Å²) in [7, 11) is -7.47. The van der Waals surface area contributed by atoms with Crippen LogP contribution in [0.1, 0.15) is 56.7 Å². The molecular weight excluding hydrogens is 655 g/mol. The highest BCUT2D eigenvalue weighted by molar-refractivity contribution is 7.97. The Morgan fingerprint density at radius 1 is 0.622 bits per heavy atom. The van der Waals surface area contributed by atoms with Crippen molar-refractivity contribution in [3.63, 3.8) is 0 Å². The highest BCUT2D eigenvalue weighted by atomic mass is 32.2. The predicted molar refractivity (Wildman–Crippen MR) is 154 cm³/mol. The monoisotopic (exact) mass is 688 g/mol. The highest BCUT2D eigenvalue weighted by Gasteiger charge is 2.83. The van der Waals surface area contributed by atoms with Gasteiger partial charge < -0.3 is 4.55 Å². The molecule has 250 valence electrons. The molecule has 0 N–H and O–H groups in total. The van der Waals surface area contributed by atoms with E-state index in [4.69, 9.17) is 0 Å². The fraction of sp³-hybridized carbons (Fsp3) is 0.419. The zero-order chi connectivity index (χ0) is 34.3. The number of hydrogen-bond donors (Lipinski definition) is 0. The van der Waals surface area contributed by atoms with Crippen molar-refractivity contribution >= 4 is 21.0 Å². The van der Waals surface area contributed by atoms with Gasteiger partial charge in [0.05, 0.1) is 10.9 Å². The lowest BCUT2D eigenvalue weighted by Gasteiger charge is -2.34. The van der Waals surface area contributed by atoms with Gasteiger partial charge in [0.2, 0.25) is 0 Å². The average molecular weight is 689 g/mol. The van der Waals surface area contributed by atoms with Gasteiger partial charge >= 0.3 is 23.3 Å². The van der Waals surface area contributed by atoms with E-state index in [9.17, 15) is 52.5 Å². The Morgan fingerprint density at radius 2 is 1.00 bits per heavy atom. The van der Waals surface area contributed by atoms with Crippen LogP contribution in [0.3, 0.4) is 0 Å². The van der Waals surface area contributed by atoms with Crippen molar-refractivity contribution in [1.82, 2.24) is 0 Å². The van der Waals surface area contributed by atoms with Gasteiger partial charge in [-0.1, -0.05) is 88.6 Å². The van der Waals surface area contributed by atoms with Crippen LogP contribution in [0.2, 0.25) is 0 Å². The minimum atomic E-state index is -7.43. The van der Waals surface area contributed by atoms with Crippen molar-refractivity contribution in [3.8, 4) is 0 Å². The average Bonchev–Trinajstić information content (AvgIpc) is 2.95. The Balaban J connectivity index is 0.000000358. The third-order valence-electron chi connectivity index (χ3n) is 6.47. The van der Waals surface area contributed by atoms with Crippen LogP contribution in [-0.2, 0) is 40.3 Å². The van der Waals surface area contributed by atoms with E-state index >= 15 is 0 Å². The molecule has 0 spiro atoms. The molecule has 3 nitrogen and oxygen atoms in total. The van der Waals surface area contributed by atoms with Crippen LogP contribution in [0, 0.1) is 0 Å². The molecule has 0 bridgehead atoms. The van der Waals surface area contributed by atoms with E-state index in [1.165, 1.54) is 41.0 Å². The van der Waals surface area contributed by atoms with E-state index in [1.807, 2.05) is 0 Å². The van der Waals surface area contributed by atoms with Gasteiger partial charge in [0, 0.05) is 11.1 Å². The van der Waals surface area contributed by atoms with E-state index < -0.39 is 33.4 Å². The van der Waals surface area contributed by atoms with Crippen molar-refractivity contribution in [2.24, 2.45) is 0 Å². The maximum Gasteiger partial charge on any atom is 0.460 e. The van der Waals surface area contributed by atoms with Gasteiger partial charge in [-0.15, -0.1) is 0 Å². The highest BCUT2D eigenvalue weighted by Crippen LogP contribution is 2.54. The Hall–Kier alpha value is -2.71. The molecule has 0 aliphatic heterocycles. The molecule has 3 rings (SSSR count). The Bertz CT molecular complexity index is 1410. The molecule has 0 radical (unpaired) electrons. The minimum Gasteiger partial charge on any atom is -0.743 e. The standard InChI is InChI=1S/C27H33S.C4HF9O3S/c1-4-13-22-20-23(14-5-2)27(24(21-22)15-6-3)28(25-16-9-7-10-17-25)26-18-11-8-12-19-26;5-1(6,3(9,10)11)2(7,8)4(12,13)17(14,15)16/h7-12,16-21H,4-6,13-15H2,1-3H3;(H,14,15,16)/q+1;/p-1. The molecule has 0 atom stereocenters. The first-order valence-electron chi connectivity index (χ1n) is 13.9. The molecule has 0 aliphatic carbocycles.